The molecule has 0 spiro atoms. The van der Waals surface area contributed by atoms with E-state index < -0.39 is 17.5 Å². The predicted molar refractivity (Wildman–Crippen MR) is 75.3 cm³/mol. The quantitative estimate of drug-likeness (QED) is 0.770. The minimum atomic E-state index is -1.17. The maximum absolute atomic E-state index is 11.9. The molecule has 1 atom stereocenters. The van der Waals surface area contributed by atoms with Gasteiger partial charge in [0.15, 0.2) is 0 Å². The third kappa shape index (κ3) is 3.10. The van der Waals surface area contributed by atoms with E-state index in [0.29, 0.717) is 6.54 Å². The van der Waals surface area contributed by atoms with Gasteiger partial charge in [0, 0.05) is 6.54 Å². The molecule has 2 amide bonds. The molecule has 0 saturated heterocycles. The van der Waals surface area contributed by atoms with Crippen molar-refractivity contribution in [3.63, 3.8) is 0 Å². The van der Waals surface area contributed by atoms with Crippen LogP contribution in [0, 0.1) is 12.8 Å². The number of carbonyl (C=O) groups excluding carboxylic acids is 1. The van der Waals surface area contributed by atoms with Gasteiger partial charge in [-0.05, 0) is 43.7 Å². The van der Waals surface area contributed by atoms with Crippen LogP contribution in [0.2, 0.25) is 0 Å². The molecular weight excluding hydrogens is 256 g/mol. The van der Waals surface area contributed by atoms with Crippen LogP contribution >= 0.6 is 0 Å². The molecule has 0 aromatic heterocycles. The summed E-state index contributed by atoms with van der Waals surface area (Å²) in [6, 6.07) is 7.32. The molecule has 5 heteroatoms. The zero-order valence-corrected chi connectivity index (χ0v) is 11.8. The van der Waals surface area contributed by atoms with E-state index in [0.717, 1.165) is 24.0 Å². The van der Waals surface area contributed by atoms with Crippen molar-refractivity contribution in [1.29, 1.82) is 0 Å². The molecule has 1 saturated carbocycles. The Morgan fingerprint density at radius 1 is 1.35 bits per heavy atom. The molecule has 1 aromatic rings. The minimum absolute atomic E-state index is 0.0317. The lowest BCUT2D eigenvalue weighted by atomic mass is 9.96. The molecule has 1 unspecified atom stereocenters. The van der Waals surface area contributed by atoms with Crippen LogP contribution in [0.4, 0.5) is 4.79 Å². The molecule has 20 heavy (non-hydrogen) atoms. The van der Waals surface area contributed by atoms with Crippen LogP contribution < -0.4 is 10.6 Å². The maximum atomic E-state index is 11.9. The van der Waals surface area contributed by atoms with Gasteiger partial charge in [0.2, 0.25) is 0 Å². The van der Waals surface area contributed by atoms with Gasteiger partial charge in [0.1, 0.15) is 5.54 Å². The first-order valence-corrected chi connectivity index (χ1v) is 6.77. The van der Waals surface area contributed by atoms with Gasteiger partial charge in [-0.1, -0.05) is 24.3 Å². The summed E-state index contributed by atoms with van der Waals surface area (Å²) in [6.45, 7) is 3.93. The van der Waals surface area contributed by atoms with Crippen molar-refractivity contribution >= 4 is 12.0 Å². The third-order valence-corrected chi connectivity index (χ3v) is 3.91. The van der Waals surface area contributed by atoms with Gasteiger partial charge < -0.3 is 15.7 Å². The summed E-state index contributed by atoms with van der Waals surface area (Å²) in [5.74, 6) is -0.949. The van der Waals surface area contributed by atoms with Crippen LogP contribution in [0.1, 0.15) is 30.9 Å². The molecule has 3 N–H and O–H groups in total. The van der Waals surface area contributed by atoms with E-state index in [9.17, 15) is 14.7 Å². The van der Waals surface area contributed by atoms with Crippen LogP contribution in [0.5, 0.6) is 0 Å². The minimum Gasteiger partial charge on any atom is -0.480 e. The molecule has 1 aliphatic rings. The van der Waals surface area contributed by atoms with Crippen molar-refractivity contribution in [2.24, 2.45) is 5.92 Å². The molecule has 1 aromatic carbocycles. The number of rotatable bonds is 5. The molecule has 108 valence electrons. The highest BCUT2D eigenvalue weighted by Crippen LogP contribution is 2.39. The summed E-state index contributed by atoms with van der Waals surface area (Å²) in [6.07, 6.45) is 1.70. The summed E-state index contributed by atoms with van der Waals surface area (Å²) in [4.78, 5) is 23.2. The van der Waals surface area contributed by atoms with Crippen LogP contribution in [0.25, 0.3) is 0 Å². The Labute approximate surface area is 118 Å². The largest absolute Gasteiger partial charge is 0.480 e. The number of amides is 2. The lowest BCUT2D eigenvalue weighted by Crippen LogP contribution is -2.56. The van der Waals surface area contributed by atoms with Crippen molar-refractivity contribution in [3.05, 3.63) is 35.4 Å². The SMILES string of the molecule is Cc1ccccc1CNC(=O)NC(C)(C(=O)O)C1CC1. The van der Waals surface area contributed by atoms with Crippen molar-refractivity contribution in [3.8, 4) is 0 Å². The first kappa shape index (κ1) is 14.4. The third-order valence-electron chi connectivity index (χ3n) is 3.91. The Morgan fingerprint density at radius 3 is 2.55 bits per heavy atom. The number of hydrogen-bond acceptors (Lipinski definition) is 2. The number of carboxylic acid groups (broad SMARTS) is 1. The number of benzene rings is 1. The molecule has 0 aliphatic heterocycles. The topological polar surface area (TPSA) is 78.4 Å². The van der Waals surface area contributed by atoms with Crippen molar-refractivity contribution in [2.45, 2.75) is 38.8 Å². The van der Waals surface area contributed by atoms with Crippen molar-refractivity contribution in [2.75, 3.05) is 0 Å². The molecule has 1 aliphatic carbocycles. The lowest BCUT2D eigenvalue weighted by Gasteiger charge is -2.26. The maximum Gasteiger partial charge on any atom is 0.329 e. The zero-order valence-electron chi connectivity index (χ0n) is 11.8. The van der Waals surface area contributed by atoms with Crippen LogP contribution in [0.3, 0.4) is 0 Å². The Bertz CT molecular complexity index is 526. The zero-order chi connectivity index (χ0) is 14.8. The second kappa shape index (κ2) is 5.53. The second-order valence-electron chi connectivity index (χ2n) is 5.52. The molecule has 0 heterocycles. The predicted octanol–water partition coefficient (Wildman–Crippen LogP) is 2.05. The fraction of sp³-hybridized carbons (Fsp3) is 0.467. The normalized spacial score (nSPS) is 17.1. The van der Waals surface area contributed by atoms with Crippen LogP contribution in [-0.4, -0.2) is 22.6 Å². The summed E-state index contributed by atoms with van der Waals surface area (Å²) in [7, 11) is 0. The van der Waals surface area contributed by atoms with E-state index in [4.69, 9.17) is 0 Å². The van der Waals surface area contributed by atoms with E-state index in [1.54, 1.807) is 6.92 Å². The monoisotopic (exact) mass is 276 g/mol. The van der Waals surface area contributed by atoms with E-state index >= 15 is 0 Å². The molecule has 0 radical (unpaired) electrons. The molecular formula is C15H20N2O3. The number of nitrogens with one attached hydrogen (secondary N) is 2. The molecule has 2 rings (SSSR count). The average Bonchev–Trinajstić information content (AvgIpc) is 3.22. The highest BCUT2D eigenvalue weighted by Gasteiger charge is 2.48. The van der Waals surface area contributed by atoms with Gasteiger partial charge in [0.25, 0.3) is 0 Å². The number of aliphatic carboxylic acids is 1. The number of carboxylic acids is 1. The Kier molecular flexibility index (Phi) is 3.97. The standard InChI is InChI=1S/C15H20N2O3/c1-10-5-3-4-6-11(10)9-16-14(20)17-15(2,13(18)19)12-7-8-12/h3-6,12H,7-9H2,1-2H3,(H,18,19)(H2,16,17,20). The van der Waals surface area contributed by atoms with Crippen LogP contribution in [0.15, 0.2) is 24.3 Å². The first-order valence-electron chi connectivity index (χ1n) is 6.77. The van der Waals surface area contributed by atoms with Crippen molar-refractivity contribution in [1.82, 2.24) is 10.6 Å². The fourth-order valence-corrected chi connectivity index (χ4v) is 2.25. The first-order chi connectivity index (χ1) is 9.43. The van der Waals surface area contributed by atoms with Crippen LogP contribution in [-0.2, 0) is 11.3 Å². The van der Waals surface area contributed by atoms with Crippen molar-refractivity contribution < 1.29 is 14.7 Å². The smallest absolute Gasteiger partial charge is 0.329 e. The summed E-state index contributed by atoms with van der Waals surface area (Å²) in [5.41, 5.74) is 0.942. The highest BCUT2D eigenvalue weighted by atomic mass is 16.4. The molecule has 5 nitrogen and oxygen atoms in total. The Hall–Kier alpha value is -2.04. The van der Waals surface area contributed by atoms with Gasteiger partial charge in [-0.15, -0.1) is 0 Å². The van der Waals surface area contributed by atoms with E-state index in [2.05, 4.69) is 10.6 Å². The van der Waals surface area contributed by atoms with E-state index in [1.165, 1.54) is 0 Å². The highest BCUT2D eigenvalue weighted by molar-refractivity contribution is 5.86. The average molecular weight is 276 g/mol. The summed E-state index contributed by atoms with van der Waals surface area (Å²) in [5, 5.41) is 14.6. The Morgan fingerprint density at radius 2 is 2.00 bits per heavy atom. The van der Waals surface area contributed by atoms with E-state index in [1.807, 2.05) is 31.2 Å². The number of aryl methyl sites for hydroxylation is 1. The number of hydrogen-bond donors (Lipinski definition) is 3. The summed E-state index contributed by atoms with van der Waals surface area (Å²) >= 11 is 0. The van der Waals surface area contributed by atoms with E-state index in [-0.39, 0.29) is 5.92 Å². The van der Waals surface area contributed by atoms with Gasteiger partial charge >= 0.3 is 12.0 Å². The molecule has 0 bridgehead atoms. The fourth-order valence-electron chi connectivity index (χ4n) is 2.25. The number of urea groups is 1. The van der Waals surface area contributed by atoms with Gasteiger partial charge in [-0.2, -0.15) is 0 Å². The number of carbonyl (C=O) groups is 2. The van der Waals surface area contributed by atoms with Gasteiger partial charge in [-0.3, -0.25) is 0 Å². The lowest BCUT2D eigenvalue weighted by molar-refractivity contribution is -0.144. The Balaban J connectivity index is 1.92. The molecule has 1 fully saturated rings. The van der Waals surface area contributed by atoms with Gasteiger partial charge in [-0.25, -0.2) is 9.59 Å². The summed E-state index contributed by atoms with van der Waals surface area (Å²) < 4.78 is 0. The van der Waals surface area contributed by atoms with Gasteiger partial charge in [0.05, 0.1) is 0 Å². The second-order valence-corrected chi connectivity index (χ2v) is 5.52.